The van der Waals surface area contributed by atoms with Gasteiger partial charge in [-0.05, 0) is 48.8 Å². The zero-order valence-electron chi connectivity index (χ0n) is 14.6. The van der Waals surface area contributed by atoms with Gasteiger partial charge in [0, 0.05) is 44.8 Å². The average molecular weight is 359 g/mol. The van der Waals surface area contributed by atoms with Gasteiger partial charge in [0.25, 0.3) is 0 Å². The second kappa shape index (κ2) is 8.08. The van der Waals surface area contributed by atoms with Crippen LogP contribution in [0.25, 0.3) is 0 Å². The second-order valence-corrected chi connectivity index (χ2v) is 8.70. The molecule has 0 atom stereocenters. The van der Waals surface area contributed by atoms with Crippen molar-refractivity contribution < 1.29 is 8.42 Å². The molecule has 25 heavy (non-hydrogen) atoms. The van der Waals surface area contributed by atoms with Gasteiger partial charge in [-0.3, -0.25) is 14.8 Å². The third-order valence-electron chi connectivity index (χ3n) is 4.57. The van der Waals surface area contributed by atoms with Gasteiger partial charge in [0.15, 0.2) is 9.84 Å². The summed E-state index contributed by atoms with van der Waals surface area (Å²) in [5.74, 6) is 0. The summed E-state index contributed by atoms with van der Waals surface area (Å²) in [6.07, 6.45) is 6.13. The van der Waals surface area contributed by atoms with Crippen molar-refractivity contribution in [3.05, 3.63) is 59.9 Å². The SMILES string of the molecule is CS(=O)(=O)c1ccc(CN2CCCN(Cc3cccnc3)CC2)cc1. The number of hydrogen-bond donors (Lipinski definition) is 0. The first kappa shape index (κ1) is 18.0. The fourth-order valence-corrected chi connectivity index (χ4v) is 3.82. The Kier molecular flexibility index (Phi) is 5.83. The van der Waals surface area contributed by atoms with Crippen LogP contribution < -0.4 is 0 Å². The van der Waals surface area contributed by atoms with Crippen LogP contribution in [-0.2, 0) is 22.9 Å². The van der Waals surface area contributed by atoms with E-state index in [1.54, 1.807) is 12.1 Å². The van der Waals surface area contributed by atoms with Gasteiger partial charge in [0.1, 0.15) is 0 Å². The first-order valence-corrected chi connectivity index (χ1v) is 10.5. The summed E-state index contributed by atoms with van der Waals surface area (Å²) in [4.78, 5) is 9.49. The number of rotatable bonds is 5. The van der Waals surface area contributed by atoms with Gasteiger partial charge in [0.2, 0.25) is 0 Å². The molecule has 0 radical (unpaired) electrons. The molecule has 0 amide bonds. The number of hydrogen-bond acceptors (Lipinski definition) is 5. The van der Waals surface area contributed by atoms with Crippen molar-refractivity contribution in [2.75, 3.05) is 32.4 Å². The number of nitrogens with zero attached hydrogens (tertiary/aromatic N) is 3. The Morgan fingerprint density at radius 2 is 1.56 bits per heavy atom. The van der Waals surface area contributed by atoms with Crippen molar-refractivity contribution in [3.63, 3.8) is 0 Å². The highest BCUT2D eigenvalue weighted by Crippen LogP contribution is 2.14. The van der Waals surface area contributed by atoms with Crippen molar-refractivity contribution in [1.29, 1.82) is 0 Å². The van der Waals surface area contributed by atoms with E-state index in [4.69, 9.17) is 0 Å². The molecule has 0 aliphatic carbocycles. The third kappa shape index (κ3) is 5.36. The molecule has 1 aliphatic rings. The first-order valence-electron chi connectivity index (χ1n) is 8.63. The van der Waals surface area contributed by atoms with E-state index < -0.39 is 9.84 Å². The molecule has 1 aromatic heterocycles. The second-order valence-electron chi connectivity index (χ2n) is 6.68. The Labute approximate surface area is 150 Å². The molecule has 0 N–H and O–H groups in total. The largest absolute Gasteiger partial charge is 0.298 e. The molecule has 1 saturated heterocycles. The Bertz CT molecular complexity index is 776. The molecule has 3 rings (SSSR count). The molecular formula is C19H25N3O2S. The maximum Gasteiger partial charge on any atom is 0.175 e. The van der Waals surface area contributed by atoms with Crippen molar-refractivity contribution in [2.45, 2.75) is 24.4 Å². The van der Waals surface area contributed by atoms with Crippen molar-refractivity contribution in [1.82, 2.24) is 14.8 Å². The molecule has 0 unspecified atom stereocenters. The van der Waals surface area contributed by atoms with Gasteiger partial charge in [-0.15, -0.1) is 0 Å². The van der Waals surface area contributed by atoms with Gasteiger partial charge in [-0.2, -0.15) is 0 Å². The minimum Gasteiger partial charge on any atom is -0.298 e. The van der Waals surface area contributed by atoms with E-state index in [9.17, 15) is 8.42 Å². The van der Waals surface area contributed by atoms with Crippen LogP contribution in [-0.4, -0.2) is 55.6 Å². The molecule has 2 aromatic rings. The Morgan fingerprint density at radius 1 is 0.920 bits per heavy atom. The maximum atomic E-state index is 11.5. The summed E-state index contributed by atoms with van der Waals surface area (Å²) >= 11 is 0. The van der Waals surface area contributed by atoms with E-state index in [0.717, 1.165) is 51.3 Å². The van der Waals surface area contributed by atoms with Crippen LogP contribution in [0.5, 0.6) is 0 Å². The molecule has 1 aromatic carbocycles. The quantitative estimate of drug-likeness (QED) is 0.819. The van der Waals surface area contributed by atoms with E-state index in [1.165, 1.54) is 11.8 Å². The number of benzene rings is 1. The van der Waals surface area contributed by atoms with Crippen LogP contribution in [0, 0.1) is 0 Å². The lowest BCUT2D eigenvalue weighted by molar-refractivity contribution is 0.247. The molecule has 6 heteroatoms. The summed E-state index contributed by atoms with van der Waals surface area (Å²) in [5, 5.41) is 0. The van der Waals surface area contributed by atoms with Crippen LogP contribution in [0.4, 0.5) is 0 Å². The Morgan fingerprint density at radius 3 is 2.12 bits per heavy atom. The molecule has 0 saturated carbocycles. The monoisotopic (exact) mass is 359 g/mol. The van der Waals surface area contributed by atoms with Crippen molar-refractivity contribution in [3.8, 4) is 0 Å². The maximum absolute atomic E-state index is 11.5. The predicted octanol–water partition coefficient (Wildman–Crippen LogP) is 2.19. The summed E-state index contributed by atoms with van der Waals surface area (Å²) in [7, 11) is -3.12. The number of pyridine rings is 1. The molecule has 1 fully saturated rings. The topological polar surface area (TPSA) is 53.5 Å². The lowest BCUT2D eigenvalue weighted by atomic mass is 10.2. The molecule has 1 aliphatic heterocycles. The lowest BCUT2D eigenvalue weighted by Gasteiger charge is -2.22. The van der Waals surface area contributed by atoms with Crippen LogP contribution in [0.3, 0.4) is 0 Å². The van der Waals surface area contributed by atoms with Crippen molar-refractivity contribution in [2.24, 2.45) is 0 Å². The van der Waals surface area contributed by atoms with Gasteiger partial charge in [-0.25, -0.2) is 8.42 Å². The van der Waals surface area contributed by atoms with Gasteiger partial charge in [-0.1, -0.05) is 18.2 Å². The van der Waals surface area contributed by atoms with E-state index in [0.29, 0.717) is 4.90 Å². The molecule has 5 nitrogen and oxygen atoms in total. The zero-order valence-corrected chi connectivity index (χ0v) is 15.5. The molecule has 2 heterocycles. The smallest absolute Gasteiger partial charge is 0.175 e. The summed E-state index contributed by atoms with van der Waals surface area (Å²) in [6, 6.07) is 11.4. The number of aromatic nitrogens is 1. The van der Waals surface area contributed by atoms with Crippen molar-refractivity contribution >= 4 is 9.84 Å². The van der Waals surface area contributed by atoms with E-state index in [2.05, 4.69) is 20.9 Å². The van der Waals surface area contributed by atoms with Crippen LogP contribution in [0.2, 0.25) is 0 Å². The van der Waals surface area contributed by atoms with Crippen LogP contribution in [0.15, 0.2) is 53.7 Å². The van der Waals surface area contributed by atoms with Crippen LogP contribution >= 0.6 is 0 Å². The minimum absolute atomic E-state index is 0.384. The van der Waals surface area contributed by atoms with Crippen LogP contribution in [0.1, 0.15) is 17.5 Å². The molecule has 134 valence electrons. The fraction of sp³-hybridized carbons (Fsp3) is 0.421. The summed E-state index contributed by atoms with van der Waals surface area (Å²) in [5.41, 5.74) is 2.42. The average Bonchev–Trinajstić information content (AvgIpc) is 2.81. The van der Waals surface area contributed by atoms with Gasteiger partial charge >= 0.3 is 0 Å². The fourth-order valence-electron chi connectivity index (χ4n) is 3.19. The van der Waals surface area contributed by atoms with E-state index in [1.807, 2.05) is 30.6 Å². The highest BCUT2D eigenvalue weighted by atomic mass is 32.2. The Hall–Kier alpha value is -1.76. The third-order valence-corrected chi connectivity index (χ3v) is 5.70. The molecule has 0 bridgehead atoms. The number of sulfone groups is 1. The first-order chi connectivity index (χ1) is 12.0. The van der Waals surface area contributed by atoms with Gasteiger partial charge in [0.05, 0.1) is 4.90 Å². The summed E-state index contributed by atoms with van der Waals surface area (Å²) < 4.78 is 23.1. The molecular weight excluding hydrogens is 334 g/mol. The lowest BCUT2D eigenvalue weighted by Crippen LogP contribution is -2.30. The van der Waals surface area contributed by atoms with E-state index in [-0.39, 0.29) is 0 Å². The zero-order chi connectivity index (χ0) is 17.7. The standard InChI is InChI=1S/C19H25N3O2S/c1-25(23,24)19-7-5-17(6-8-19)15-21-10-3-11-22(13-12-21)16-18-4-2-9-20-14-18/h2,4-9,14H,3,10-13,15-16H2,1H3. The minimum atomic E-state index is -3.12. The normalized spacial score (nSPS) is 17.3. The van der Waals surface area contributed by atoms with Gasteiger partial charge < -0.3 is 0 Å². The highest BCUT2D eigenvalue weighted by molar-refractivity contribution is 7.90. The van der Waals surface area contributed by atoms with E-state index >= 15 is 0 Å². The summed E-state index contributed by atoms with van der Waals surface area (Å²) in [6.45, 7) is 6.04. The highest BCUT2D eigenvalue weighted by Gasteiger charge is 2.15. The molecule has 0 spiro atoms. The Balaban J connectivity index is 1.54. The predicted molar refractivity (Wildman–Crippen MR) is 99.0 cm³/mol.